The summed E-state index contributed by atoms with van der Waals surface area (Å²) in [6, 6.07) is 8.93. The molecule has 0 spiro atoms. The van der Waals surface area contributed by atoms with Crippen molar-refractivity contribution < 1.29 is 18.9 Å². The number of nitrogens with zero attached hydrogens (tertiary/aromatic N) is 2. The SMILES string of the molecule is O=C1C2Sc3[nH]c(=S)sc3C(c3ccco3)C2C(=O)N1c1ccc([N+](=O)[O-])cc1. The number of aromatic nitrogens is 1. The number of hydrogen-bond donors (Lipinski definition) is 1. The van der Waals surface area contributed by atoms with Crippen molar-refractivity contribution in [2.75, 3.05) is 4.90 Å². The Morgan fingerprint density at radius 2 is 1.93 bits per heavy atom. The van der Waals surface area contributed by atoms with Crippen molar-refractivity contribution in [3.8, 4) is 0 Å². The fraction of sp³-hybridized carbons (Fsp3) is 0.167. The number of nitrogens with one attached hydrogen (secondary N) is 1. The second kappa shape index (κ2) is 6.65. The van der Waals surface area contributed by atoms with Crippen LogP contribution in [0.15, 0.2) is 52.1 Å². The summed E-state index contributed by atoms with van der Waals surface area (Å²) in [5, 5.41) is 11.0. The molecule has 1 N–H and O–H groups in total. The normalized spacial score (nSPS) is 23.2. The Hall–Kier alpha value is -2.76. The molecular weight excluding hydrogens is 434 g/mol. The zero-order valence-electron chi connectivity index (χ0n) is 14.4. The van der Waals surface area contributed by atoms with Crippen molar-refractivity contribution in [3.05, 3.63) is 67.4 Å². The summed E-state index contributed by atoms with van der Waals surface area (Å²) in [4.78, 5) is 42.0. The Labute approximate surface area is 176 Å². The summed E-state index contributed by atoms with van der Waals surface area (Å²) in [6.45, 7) is 0. The van der Waals surface area contributed by atoms with Gasteiger partial charge in [0.25, 0.3) is 5.69 Å². The van der Waals surface area contributed by atoms with E-state index in [0.717, 1.165) is 14.8 Å². The Morgan fingerprint density at radius 1 is 1.17 bits per heavy atom. The summed E-state index contributed by atoms with van der Waals surface area (Å²) in [5.41, 5.74) is 0.206. The minimum absolute atomic E-state index is 0.108. The molecule has 11 heteroatoms. The highest BCUT2D eigenvalue weighted by molar-refractivity contribution is 8.01. The average molecular weight is 446 g/mol. The van der Waals surface area contributed by atoms with Crippen LogP contribution >= 0.6 is 35.3 Å². The number of amides is 2. The van der Waals surface area contributed by atoms with E-state index in [1.165, 1.54) is 53.6 Å². The van der Waals surface area contributed by atoms with E-state index >= 15 is 0 Å². The molecule has 3 unspecified atom stereocenters. The largest absolute Gasteiger partial charge is 0.469 e. The van der Waals surface area contributed by atoms with Crippen LogP contribution in [-0.2, 0) is 9.59 Å². The lowest BCUT2D eigenvalue weighted by Gasteiger charge is -2.27. The van der Waals surface area contributed by atoms with E-state index in [1.807, 2.05) is 0 Å². The molecule has 8 nitrogen and oxygen atoms in total. The van der Waals surface area contributed by atoms with Crippen LogP contribution in [0.25, 0.3) is 0 Å². The van der Waals surface area contributed by atoms with Gasteiger partial charge in [0, 0.05) is 17.0 Å². The number of nitro benzene ring substituents is 1. The lowest BCUT2D eigenvalue weighted by atomic mass is 9.87. The highest BCUT2D eigenvalue weighted by Gasteiger charge is 2.57. The monoisotopic (exact) mass is 445 g/mol. The van der Waals surface area contributed by atoms with Crippen LogP contribution in [0.2, 0.25) is 0 Å². The predicted octanol–water partition coefficient (Wildman–Crippen LogP) is 4.10. The zero-order valence-corrected chi connectivity index (χ0v) is 16.9. The number of anilines is 1. The van der Waals surface area contributed by atoms with Crippen LogP contribution in [0.4, 0.5) is 11.4 Å². The van der Waals surface area contributed by atoms with Gasteiger partial charge >= 0.3 is 0 Å². The van der Waals surface area contributed by atoms with Gasteiger partial charge < -0.3 is 9.40 Å². The number of fused-ring (bicyclic) bond motifs is 2. The molecule has 1 saturated heterocycles. The zero-order chi connectivity index (χ0) is 20.3. The third-order valence-corrected chi connectivity index (χ3v) is 7.75. The summed E-state index contributed by atoms with van der Waals surface area (Å²) < 4.78 is 6.18. The molecule has 0 radical (unpaired) electrons. The molecule has 1 fully saturated rings. The van der Waals surface area contributed by atoms with E-state index in [1.54, 1.807) is 12.1 Å². The minimum atomic E-state index is -0.650. The van der Waals surface area contributed by atoms with Gasteiger partial charge in [-0.3, -0.25) is 19.7 Å². The van der Waals surface area contributed by atoms with Gasteiger partial charge in [-0.25, -0.2) is 4.90 Å². The number of benzene rings is 1. The van der Waals surface area contributed by atoms with Crippen LogP contribution in [0, 0.1) is 20.0 Å². The Bertz CT molecular complexity index is 1200. The highest BCUT2D eigenvalue weighted by Crippen LogP contribution is 2.54. The number of H-pyrrole nitrogens is 1. The number of carbonyl (C=O) groups excluding carboxylic acids is 2. The van der Waals surface area contributed by atoms with E-state index in [-0.39, 0.29) is 17.5 Å². The number of furan rings is 1. The molecule has 29 heavy (non-hydrogen) atoms. The molecule has 2 amide bonds. The van der Waals surface area contributed by atoms with E-state index in [0.29, 0.717) is 15.4 Å². The maximum absolute atomic E-state index is 13.4. The topological polar surface area (TPSA) is 109 Å². The second-order valence-corrected chi connectivity index (χ2v) is 9.42. The molecule has 0 aliphatic carbocycles. The van der Waals surface area contributed by atoms with Crippen molar-refractivity contribution in [2.24, 2.45) is 5.92 Å². The molecule has 146 valence electrons. The summed E-state index contributed by atoms with van der Waals surface area (Å²) in [5.74, 6) is -1.19. The third kappa shape index (κ3) is 2.76. The maximum atomic E-state index is 13.4. The van der Waals surface area contributed by atoms with Crippen LogP contribution in [0.1, 0.15) is 16.6 Å². The molecule has 5 rings (SSSR count). The van der Waals surface area contributed by atoms with E-state index in [4.69, 9.17) is 16.6 Å². The first-order chi connectivity index (χ1) is 14.0. The Balaban J connectivity index is 1.60. The first-order valence-electron chi connectivity index (χ1n) is 8.51. The molecular formula is C18H11N3O5S3. The third-order valence-electron chi connectivity index (χ3n) is 4.99. The van der Waals surface area contributed by atoms with Gasteiger partial charge in [-0.15, -0.1) is 11.3 Å². The van der Waals surface area contributed by atoms with Crippen LogP contribution in [0.5, 0.6) is 0 Å². The minimum Gasteiger partial charge on any atom is -0.469 e. The molecule has 1 aromatic carbocycles. The number of aromatic amines is 1. The molecule has 3 atom stereocenters. The van der Waals surface area contributed by atoms with Crippen LogP contribution in [-0.4, -0.2) is 27.0 Å². The number of rotatable bonds is 3. The van der Waals surface area contributed by atoms with E-state index in [2.05, 4.69) is 4.98 Å². The molecule has 2 aliphatic heterocycles. The summed E-state index contributed by atoms with van der Waals surface area (Å²) in [6.07, 6.45) is 1.53. The van der Waals surface area contributed by atoms with Gasteiger partial charge in [-0.1, -0.05) is 11.8 Å². The van der Waals surface area contributed by atoms with Gasteiger partial charge in [0.05, 0.1) is 33.7 Å². The van der Waals surface area contributed by atoms with E-state index < -0.39 is 22.0 Å². The Morgan fingerprint density at radius 3 is 2.59 bits per heavy atom. The van der Waals surface area contributed by atoms with Crippen molar-refractivity contribution in [1.82, 2.24) is 4.98 Å². The molecule has 2 aromatic heterocycles. The molecule has 2 aliphatic rings. The van der Waals surface area contributed by atoms with Crippen molar-refractivity contribution in [3.63, 3.8) is 0 Å². The van der Waals surface area contributed by atoms with Gasteiger partial charge in [-0.2, -0.15) is 0 Å². The van der Waals surface area contributed by atoms with Crippen molar-refractivity contribution >= 4 is 58.5 Å². The van der Waals surface area contributed by atoms with Crippen molar-refractivity contribution in [1.29, 1.82) is 0 Å². The number of carbonyl (C=O) groups is 2. The number of thioether (sulfide) groups is 1. The fourth-order valence-electron chi connectivity index (χ4n) is 3.77. The number of hydrogen-bond acceptors (Lipinski definition) is 8. The fourth-order valence-corrected chi connectivity index (χ4v) is 6.71. The first-order valence-corrected chi connectivity index (χ1v) is 10.6. The molecule has 0 saturated carbocycles. The molecule has 0 bridgehead atoms. The maximum Gasteiger partial charge on any atom is 0.269 e. The average Bonchev–Trinajstić information content (AvgIpc) is 3.40. The molecule has 4 heterocycles. The lowest BCUT2D eigenvalue weighted by molar-refractivity contribution is -0.384. The lowest BCUT2D eigenvalue weighted by Crippen LogP contribution is -2.32. The van der Waals surface area contributed by atoms with Crippen LogP contribution in [0.3, 0.4) is 0 Å². The van der Waals surface area contributed by atoms with Gasteiger partial charge in [0.15, 0.2) is 3.95 Å². The van der Waals surface area contributed by atoms with E-state index in [9.17, 15) is 19.7 Å². The summed E-state index contributed by atoms with van der Waals surface area (Å²) in [7, 11) is 0. The number of nitro groups is 1. The second-order valence-electron chi connectivity index (χ2n) is 6.55. The number of non-ortho nitro benzene ring substituents is 1. The van der Waals surface area contributed by atoms with Gasteiger partial charge in [0.2, 0.25) is 11.8 Å². The first kappa shape index (κ1) is 18.3. The predicted molar refractivity (Wildman–Crippen MR) is 109 cm³/mol. The number of imide groups is 1. The highest BCUT2D eigenvalue weighted by atomic mass is 32.2. The van der Waals surface area contributed by atoms with Gasteiger partial charge in [0.1, 0.15) is 11.0 Å². The standard InChI is InChI=1S/C18H11N3O5S3/c22-16-12-11(10-2-1-7-26-10)13-15(19-18(27)29-13)28-14(12)17(23)20(16)8-3-5-9(6-4-8)21(24)25/h1-7,11-12,14H,(H,19,27). The summed E-state index contributed by atoms with van der Waals surface area (Å²) >= 11 is 7.94. The Kier molecular flexibility index (Phi) is 4.19. The van der Waals surface area contributed by atoms with Crippen LogP contribution < -0.4 is 4.90 Å². The van der Waals surface area contributed by atoms with Crippen molar-refractivity contribution in [2.45, 2.75) is 16.2 Å². The smallest absolute Gasteiger partial charge is 0.269 e. The molecule has 3 aromatic rings. The number of thiazole rings is 1. The quantitative estimate of drug-likeness (QED) is 0.280. The van der Waals surface area contributed by atoms with Gasteiger partial charge in [-0.05, 0) is 36.5 Å².